The van der Waals surface area contributed by atoms with Crippen molar-refractivity contribution < 1.29 is 14.7 Å². The molecule has 1 spiro atoms. The van der Waals surface area contributed by atoms with Gasteiger partial charge < -0.3 is 20.2 Å². The molecule has 11 rings (SSSR count). The molecule has 3 aromatic heterocycles. The fourth-order valence-corrected chi connectivity index (χ4v) is 14.6. The number of thiazole rings is 1. The molecule has 0 unspecified atom stereocenters. The molecule has 4 atom stereocenters. The summed E-state index contributed by atoms with van der Waals surface area (Å²) in [5.41, 5.74) is 9.84. The van der Waals surface area contributed by atoms with Crippen molar-refractivity contribution in [2.24, 2.45) is 11.3 Å². The van der Waals surface area contributed by atoms with Crippen LogP contribution in [0, 0.1) is 18.3 Å². The first-order valence-electron chi connectivity index (χ1n) is 26.5. The summed E-state index contributed by atoms with van der Waals surface area (Å²) in [7, 11) is 0. The molecule has 2 aliphatic carbocycles. The van der Waals surface area contributed by atoms with Gasteiger partial charge in [0, 0.05) is 36.1 Å². The van der Waals surface area contributed by atoms with Gasteiger partial charge in [0.15, 0.2) is 0 Å². The van der Waals surface area contributed by atoms with Crippen LogP contribution in [0.1, 0.15) is 163 Å². The Labute approximate surface area is 435 Å². The number of nitrogens with one attached hydrogen (secondary N) is 1. The number of aromatic nitrogens is 6. The maximum atomic E-state index is 14.6. The SMILES string of the molecule is Cc1ncsc1-c1ccc([C@H](C)NC(=O)[C@@H]2C[C@@H](O)CN2C(=O)[C@@H](n2cc(C3CCC(CN4CCC(c5ccc6c(c5)C5(CCCCC5)c5nc(=O)c7c(Br)cccc7n5-6)CC4)CC3)nn2)C(C)(C)C)cc1. The average molecular weight is 1060 g/mol. The molecule has 378 valence electrons. The van der Waals surface area contributed by atoms with Gasteiger partial charge in [0.05, 0.1) is 55.9 Å². The van der Waals surface area contributed by atoms with Gasteiger partial charge in [0.1, 0.15) is 17.9 Å². The number of rotatable bonds is 10. The van der Waals surface area contributed by atoms with E-state index in [9.17, 15) is 19.5 Å². The third-order valence-electron chi connectivity index (χ3n) is 17.1. The van der Waals surface area contributed by atoms with Gasteiger partial charge in [0.2, 0.25) is 11.8 Å². The Morgan fingerprint density at radius 2 is 1.71 bits per heavy atom. The van der Waals surface area contributed by atoms with E-state index < -0.39 is 23.6 Å². The molecule has 3 aliphatic heterocycles. The van der Waals surface area contributed by atoms with Crippen molar-refractivity contribution >= 4 is 50.0 Å². The normalized spacial score (nSPS) is 23.3. The number of aryl methyl sites for hydroxylation is 1. The van der Waals surface area contributed by atoms with Gasteiger partial charge in [-0.05, 0) is 152 Å². The van der Waals surface area contributed by atoms with Crippen LogP contribution in [0.2, 0.25) is 0 Å². The largest absolute Gasteiger partial charge is 0.391 e. The third kappa shape index (κ3) is 9.08. The van der Waals surface area contributed by atoms with Gasteiger partial charge in [-0.15, -0.1) is 16.4 Å². The number of hydrogen-bond acceptors (Lipinski definition) is 10. The van der Waals surface area contributed by atoms with Crippen LogP contribution in [-0.2, 0) is 15.0 Å². The number of carbonyl (C=O) groups excluding carboxylic acids is 2. The van der Waals surface area contributed by atoms with E-state index in [1.807, 2.05) is 70.6 Å². The Bertz CT molecular complexity index is 3050. The minimum absolute atomic E-state index is 0.0898. The molecule has 2 saturated carbocycles. The van der Waals surface area contributed by atoms with Crippen molar-refractivity contribution in [1.82, 2.24) is 44.6 Å². The Morgan fingerprint density at radius 3 is 2.42 bits per heavy atom. The molecule has 5 aliphatic rings. The molecule has 6 heterocycles. The first-order valence-corrected chi connectivity index (χ1v) is 28.1. The number of aliphatic hydroxyl groups excluding tert-OH is 1. The Hall–Kier alpha value is -5.09. The number of benzene rings is 3. The molecule has 0 radical (unpaired) electrons. The lowest BCUT2D eigenvalue weighted by molar-refractivity contribution is -0.144. The molecule has 4 fully saturated rings. The molecule has 6 aromatic rings. The Balaban J connectivity index is 0.701. The first-order chi connectivity index (χ1) is 34.7. The number of β-amino-alcohol motifs (C(OH)–C–C–N with tert-alkyl or cyclic N) is 1. The second kappa shape index (κ2) is 19.6. The smallest absolute Gasteiger partial charge is 0.281 e. The zero-order chi connectivity index (χ0) is 50.1. The molecule has 0 bridgehead atoms. The highest BCUT2D eigenvalue weighted by Crippen LogP contribution is 2.52. The first kappa shape index (κ1) is 49.1. The van der Waals surface area contributed by atoms with Crippen molar-refractivity contribution in [2.75, 3.05) is 26.2 Å². The van der Waals surface area contributed by atoms with Crippen LogP contribution in [-0.4, -0.2) is 94.6 Å². The molecular weight excluding hydrogens is 987 g/mol. The molecule has 2 N–H and O–H groups in total. The number of nitrogens with zero attached hydrogens (tertiary/aromatic N) is 8. The molecule has 2 saturated heterocycles. The number of piperidine rings is 1. The van der Waals surface area contributed by atoms with E-state index in [4.69, 9.17) is 10.1 Å². The number of aliphatic hydroxyl groups is 1. The number of halogens is 1. The second-order valence-electron chi connectivity index (χ2n) is 22.8. The molecule has 2 amide bonds. The van der Waals surface area contributed by atoms with Crippen molar-refractivity contribution in [1.29, 1.82) is 0 Å². The predicted octanol–water partition coefficient (Wildman–Crippen LogP) is 10.3. The summed E-state index contributed by atoms with van der Waals surface area (Å²) in [6, 6.07) is 19.6. The highest BCUT2D eigenvalue weighted by atomic mass is 79.9. The van der Waals surface area contributed by atoms with Crippen molar-refractivity contribution in [3.05, 3.63) is 121 Å². The van der Waals surface area contributed by atoms with Gasteiger partial charge in [-0.2, -0.15) is 4.98 Å². The summed E-state index contributed by atoms with van der Waals surface area (Å²) < 4.78 is 4.81. The van der Waals surface area contributed by atoms with Crippen molar-refractivity contribution in [3.8, 4) is 16.1 Å². The molecule has 72 heavy (non-hydrogen) atoms. The van der Waals surface area contributed by atoms with Crippen LogP contribution in [0.4, 0.5) is 0 Å². The summed E-state index contributed by atoms with van der Waals surface area (Å²) in [6.07, 6.45) is 13.5. The van der Waals surface area contributed by atoms with E-state index in [0.717, 1.165) is 127 Å². The van der Waals surface area contributed by atoms with Crippen LogP contribution in [0.5, 0.6) is 0 Å². The van der Waals surface area contributed by atoms with Gasteiger partial charge in [-0.25, -0.2) is 9.67 Å². The predicted molar refractivity (Wildman–Crippen MR) is 286 cm³/mol. The van der Waals surface area contributed by atoms with Crippen LogP contribution in [0.15, 0.2) is 81.6 Å². The number of hydrogen-bond donors (Lipinski definition) is 2. The lowest BCUT2D eigenvalue weighted by Gasteiger charge is -2.37. The van der Waals surface area contributed by atoms with E-state index >= 15 is 0 Å². The summed E-state index contributed by atoms with van der Waals surface area (Å²) in [4.78, 5) is 56.7. The number of carbonyl (C=O) groups is 2. The van der Waals surface area contributed by atoms with Crippen LogP contribution in [0.25, 0.3) is 27.0 Å². The van der Waals surface area contributed by atoms with Crippen LogP contribution < -0.4 is 10.9 Å². The van der Waals surface area contributed by atoms with Gasteiger partial charge in [-0.3, -0.25) is 19.0 Å². The minimum atomic E-state index is -0.800. The number of fused-ring (bicyclic) bond motifs is 7. The number of likely N-dealkylation sites (tertiary alicyclic amines) is 2. The Kier molecular flexibility index (Phi) is 13.4. The summed E-state index contributed by atoms with van der Waals surface area (Å²) in [6.45, 7) is 13.4. The fourth-order valence-electron chi connectivity index (χ4n) is 13.2. The van der Waals surface area contributed by atoms with Gasteiger partial charge >= 0.3 is 0 Å². The molecule has 3 aromatic carbocycles. The van der Waals surface area contributed by atoms with Crippen LogP contribution >= 0.6 is 27.3 Å². The van der Waals surface area contributed by atoms with Crippen molar-refractivity contribution in [3.63, 3.8) is 0 Å². The summed E-state index contributed by atoms with van der Waals surface area (Å²) in [5, 5.41) is 24.0. The lowest BCUT2D eigenvalue weighted by atomic mass is 9.69. The molecule has 15 heteroatoms. The van der Waals surface area contributed by atoms with Gasteiger partial charge in [0.25, 0.3) is 5.56 Å². The van der Waals surface area contributed by atoms with Crippen LogP contribution in [0.3, 0.4) is 0 Å². The zero-order valence-corrected chi connectivity index (χ0v) is 44.7. The van der Waals surface area contributed by atoms with E-state index in [-0.39, 0.29) is 47.7 Å². The monoisotopic (exact) mass is 1050 g/mol. The quantitative estimate of drug-likeness (QED) is 0.137. The van der Waals surface area contributed by atoms with Gasteiger partial charge in [-0.1, -0.05) is 87.7 Å². The van der Waals surface area contributed by atoms with E-state index in [2.05, 4.69) is 77.3 Å². The lowest BCUT2D eigenvalue weighted by Crippen LogP contribution is -2.50. The highest BCUT2D eigenvalue weighted by Gasteiger charge is 2.48. The Morgan fingerprint density at radius 1 is 0.958 bits per heavy atom. The van der Waals surface area contributed by atoms with E-state index in [0.29, 0.717) is 17.2 Å². The highest BCUT2D eigenvalue weighted by molar-refractivity contribution is 9.10. The molecular formula is C57H68BrN9O4S. The summed E-state index contributed by atoms with van der Waals surface area (Å²) >= 11 is 5.26. The van der Waals surface area contributed by atoms with E-state index in [1.165, 1.54) is 23.2 Å². The standard InChI is InChI=1S/C57H68BrN9O4S/c1-34(37-16-18-40(19-17-37)50-35(2)59-33-72-50)60-52(69)48-29-42(68)31-65(48)54(71)51(56(3,4)5)66-32-45(62-63-66)39-14-12-36(13-15-39)30-64-26-22-38(23-27-64)41-20-21-46-43(28-41)57(24-7-6-8-25-57)55-61-53(70)49-44(58)10-9-11-47(49)67(46)55/h9-11,16-21,28,32-34,36,38-39,42,48,51,68H,6-8,12-15,22-27,29-31H2,1-5H3,(H,60,69)/t34-,36?,39?,42+,48-,51+/m0/s1. The minimum Gasteiger partial charge on any atom is -0.391 e. The zero-order valence-electron chi connectivity index (χ0n) is 42.3. The summed E-state index contributed by atoms with van der Waals surface area (Å²) in [5.74, 6) is 1.84. The third-order valence-corrected chi connectivity index (χ3v) is 18.7. The average Bonchev–Trinajstić information content (AvgIpc) is 4.18. The topological polar surface area (TPSA) is 151 Å². The van der Waals surface area contributed by atoms with E-state index in [1.54, 1.807) is 20.9 Å². The van der Waals surface area contributed by atoms with Crippen molar-refractivity contribution in [2.45, 2.75) is 153 Å². The number of amides is 2. The molecule has 13 nitrogen and oxygen atoms in total. The second-order valence-corrected chi connectivity index (χ2v) is 24.5. The maximum absolute atomic E-state index is 14.6. The fraction of sp³-hybridized carbons (Fsp3) is 0.526. The maximum Gasteiger partial charge on any atom is 0.281 e.